The molecule has 0 N–H and O–H groups in total. The number of nitrogens with zero attached hydrogens (tertiary/aromatic N) is 2. The van der Waals surface area contributed by atoms with Crippen LogP contribution < -0.4 is 14.5 Å². The lowest BCUT2D eigenvalue weighted by Crippen LogP contribution is -2.28. The molecule has 1 aliphatic carbocycles. The minimum Gasteiger partial charge on any atom is -0.454 e. The molecule has 0 spiro atoms. The molecule has 0 saturated heterocycles. The van der Waals surface area contributed by atoms with Gasteiger partial charge in [-0.05, 0) is 106 Å². The summed E-state index contributed by atoms with van der Waals surface area (Å²) in [7, 11) is 0. The summed E-state index contributed by atoms with van der Waals surface area (Å²) in [6, 6.07) is 91.5. The Labute approximate surface area is 400 Å². The Bertz CT molecular complexity index is 3860. The van der Waals surface area contributed by atoms with Crippen molar-refractivity contribution in [2.24, 2.45) is 0 Å². The van der Waals surface area contributed by atoms with Crippen LogP contribution in [-0.4, -0.2) is 0 Å². The molecule has 324 valence electrons. The number of hydrogen-bond acceptors (Lipinski definition) is 4. The molecule has 12 aromatic rings. The molecule has 0 fully saturated rings. The molecule has 0 radical (unpaired) electrons. The summed E-state index contributed by atoms with van der Waals surface area (Å²) in [6.45, 7) is 0. The van der Waals surface area contributed by atoms with E-state index in [1.165, 1.54) is 33.4 Å². The Morgan fingerprint density at radius 3 is 1.65 bits per heavy atom. The van der Waals surface area contributed by atoms with Gasteiger partial charge in [-0.3, -0.25) is 0 Å². The molecule has 14 rings (SSSR count). The molecule has 0 atom stereocenters. The first-order valence-electron chi connectivity index (χ1n) is 23.6. The molecule has 0 bridgehead atoms. The molecule has 69 heavy (non-hydrogen) atoms. The Kier molecular flexibility index (Phi) is 8.77. The lowest BCUT2D eigenvalue weighted by Gasteiger charge is -2.35. The van der Waals surface area contributed by atoms with Crippen molar-refractivity contribution in [3.8, 4) is 33.8 Å². The predicted molar refractivity (Wildman–Crippen MR) is 283 cm³/mol. The van der Waals surface area contributed by atoms with Gasteiger partial charge in [0, 0.05) is 44.2 Å². The van der Waals surface area contributed by atoms with E-state index in [0.717, 1.165) is 89.5 Å². The van der Waals surface area contributed by atoms with E-state index in [0.29, 0.717) is 0 Å². The van der Waals surface area contributed by atoms with Crippen LogP contribution in [0.3, 0.4) is 0 Å². The number of anilines is 6. The third-order valence-corrected chi connectivity index (χ3v) is 14.3. The number of furan rings is 1. The second kappa shape index (κ2) is 15.5. The lowest BCUT2D eigenvalue weighted by molar-refractivity contribution is 0.488. The summed E-state index contributed by atoms with van der Waals surface area (Å²) in [5, 5.41) is 4.28. The smallest absolute Gasteiger partial charge is 0.159 e. The van der Waals surface area contributed by atoms with Crippen molar-refractivity contribution >= 4 is 66.8 Å². The van der Waals surface area contributed by atoms with Crippen molar-refractivity contribution in [1.29, 1.82) is 0 Å². The first kappa shape index (κ1) is 39.1. The fraction of sp³-hybridized carbons (Fsp3) is 0.0154. The second-order valence-corrected chi connectivity index (χ2v) is 17.9. The van der Waals surface area contributed by atoms with E-state index in [4.69, 9.17) is 9.15 Å². The summed E-state index contributed by atoms with van der Waals surface area (Å²) in [5.41, 5.74) is 16.7. The molecular weight excluding hydrogens is 841 g/mol. The third kappa shape index (κ3) is 5.82. The lowest BCUT2D eigenvalue weighted by atomic mass is 9.67. The van der Waals surface area contributed by atoms with E-state index >= 15 is 0 Å². The summed E-state index contributed by atoms with van der Waals surface area (Å²) in [5.74, 6) is 1.63. The Balaban J connectivity index is 1.02. The zero-order valence-electron chi connectivity index (χ0n) is 37.5. The second-order valence-electron chi connectivity index (χ2n) is 17.9. The van der Waals surface area contributed by atoms with Gasteiger partial charge in [-0.2, -0.15) is 0 Å². The molecule has 2 aliphatic rings. The molecule has 2 heterocycles. The third-order valence-electron chi connectivity index (χ3n) is 14.3. The van der Waals surface area contributed by atoms with Gasteiger partial charge in [-0.25, -0.2) is 0 Å². The molecule has 1 aromatic heterocycles. The minimum atomic E-state index is -0.579. The highest BCUT2D eigenvalue weighted by atomic mass is 16.5. The van der Waals surface area contributed by atoms with E-state index in [1.807, 2.05) is 6.07 Å². The number of hydrogen-bond donors (Lipinski definition) is 0. The minimum absolute atomic E-state index is 0.579. The van der Waals surface area contributed by atoms with Crippen molar-refractivity contribution in [2.75, 3.05) is 9.80 Å². The highest BCUT2D eigenvalue weighted by Crippen LogP contribution is 2.59. The van der Waals surface area contributed by atoms with Crippen molar-refractivity contribution < 1.29 is 9.15 Å². The number of ether oxygens (including phenoxy) is 1. The van der Waals surface area contributed by atoms with Crippen LogP contribution in [0, 0.1) is 0 Å². The van der Waals surface area contributed by atoms with Crippen molar-refractivity contribution in [3.05, 3.63) is 277 Å². The van der Waals surface area contributed by atoms with Crippen molar-refractivity contribution in [3.63, 3.8) is 0 Å². The van der Waals surface area contributed by atoms with Crippen LogP contribution in [0.1, 0.15) is 22.3 Å². The van der Waals surface area contributed by atoms with Crippen LogP contribution in [0.2, 0.25) is 0 Å². The molecule has 4 heteroatoms. The van der Waals surface area contributed by atoms with E-state index < -0.39 is 5.41 Å². The van der Waals surface area contributed by atoms with E-state index in [2.05, 4.69) is 259 Å². The van der Waals surface area contributed by atoms with Gasteiger partial charge >= 0.3 is 0 Å². The van der Waals surface area contributed by atoms with Gasteiger partial charge < -0.3 is 19.0 Å². The molecule has 1 aliphatic heterocycles. The highest BCUT2D eigenvalue weighted by Gasteiger charge is 2.46. The van der Waals surface area contributed by atoms with Crippen LogP contribution in [0.25, 0.3) is 55.0 Å². The van der Waals surface area contributed by atoms with Crippen molar-refractivity contribution in [2.45, 2.75) is 5.41 Å². The van der Waals surface area contributed by atoms with Gasteiger partial charge in [0.2, 0.25) is 0 Å². The van der Waals surface area contributed by atoms with Crippen LogP contribution in [0.5, 0.6) is 11.5 Å². The van der Waals surface area contributed by atoms with Gasteiger partial charge in [-0.1, -0.05) is 188 Å². The van der Waals surface area contributed by atoms with Gasteiger partial charge in [0.25, 0.3) is 0 Å². The maximum atomic E-state index is 7.20. The van der Waals surface area contributed by atoms with Gasteiger partial charge in [0.15, 0.2) is 11.3 Å². The largest absolute Gasteiger partial charge is 0.454 e. The molecule has 0 unspecified atom stereocenters. The van der Waals surface area contributed by atoms with Gasteiger partial charge in [0.05, 0.1) is 22.5 Å². The topological polar surface area (TPSA) is 28.9 Å². The molecule has 4 nitrogen and oxygen atoms in total. The van der Waals surface area contributed by atoms with E-state index in [9.17, 15) is 0 Å². The van der Waals surface area contributed by atoms with E-state index in [-0.39, 0.29) is 0 Å². The first-order valence-corrected chi connectivity index (χ1v) is 23.6. The Morgan fingerprint density at radius 1 is 0.333 bits per heavy atom. The maximum Gasteiger partial charge on any atom is 0.159 e. The Hall–Kier alpha value is -9.12. The van der Waals surface area contributed by atoms with Gasteiger partial charge in [0.1, 0.15) is 11.3 Å². The van der Waals surface area contributed by atoms with Crippen LogP contribution >= 0.6 is 0 Å². The average molecular weight is 883 g/mol. The first-order chi connectivity index (χ1) is 34.3. The maximum absolute atomic E-state index is 7.20. The quantitative estimate of drug-likeness (QED) is 0.152. The standard InChI is InChI=1S/C65H42N2O2/c1-5-20-43(21-6-1)65(44-22-7-2-8-23-44)55-34-15-13-28-48(55)49-39-38-47(42-56(49)65)67(59-36-18-31-52-50-29-14-16-37-60(50)68-63(52)59)57-40-41-61-62-51(30-17-33-54(57)62)53-32-19-35-58(64(53)69-61)66(45-24-9-3-10-25-45)46-26-11-4-12-27-46/h1-42H. The molecule has 0 amide bonds. The number of benzene rings is 11. The number of fused-ring (bicyclic) bond motifs is 8. The highest BCUT2D eigenvalue weighted by molar-refractivity contribution is 6.15. The monoisotopic (exact) mass is 882 g/mol. The van der Waals surface area contributed by atoms with Crippen molar-refractivity contribution in [1.82, 2.24) is 0 Å². The SMILES string of the molecule is c1ccc(N(c2ccccc2)c2cccc3c2Oc2ccc(N(c4ccc5c(c4)C(c4ccccc4)(c4ccccc4)c4ccccc4-5)c4cccc5c4oc4ccccc45)c4cccc-3c24)cc1. The van der Waals surface area contributed by atoms with Gasteiger partial charge in [-0.15, -0.1) is 0 Å². The van der Waals surface area contributed by atoms with Crippen LogP contribution in [-0.2, 0) is 5.41 Å². The predicted octanol–water partition coefficient (Wildman–Crippen LogP) is 17.8. The fourth-order valence-electron chi connectivity index (χ4n) is 11.5. The summed E-state index contributed by atoms with van der Waals surface area (Å²) in [4.78, 5) is 4.70. The average Bonchev–Trinajstić information content (AvgIpc) is 3.95. The normalized spacial score (nSPS) is 12.9. The van der Waals surface area contributed by atoms with Crippen LogP contribution in [0.15, 0.2) is 259 Å². The summed E-state index contributed by atoms with van der Waals surface area (Å²) < 4.78 is 14.1. The van der Waals surface area contributed by atoms with E-state index in [1.54, 1.807) is 0 Å². The Morgan fingerprint density at radius 2 is 0.899 bits per heavy atom. The molecule has 11 aromatic carbocycles. The van der Waals surface area contributed by atoms with Crippen LogP contribution in [0.4, 0.5) is 34.1 Å². The zero-order chi connectivity index (χ0) is 45.5. The zero-order valence-corrected chi connectivity index (χ0v) is 37.5. The summed E-state index contributed by atoms with van der Waals surface area (Å²) in [6.07, 6.45) is 0. The summed E-state index contributed by atoms with van der Waals surface area (Å²) >= 11 is 0. The number of para-hydroxylation sites is 5. The number of rotatable bonds is 8. The molecular formula is C65H42N2O2. The molecule has 0 saturated carbocycles. The fourth-order valence-corrected chi connectivity index (χ4v) is 11.5.